The fraction of sp³-hybridized carbons (Fsp3) is 0.0667. The summed E-state index contributed by atoms with van der Waals surface area (Å²) in [5, 5.41) is 9.56. The molecule has 0 amide bonds. The molecule has 0 bridgehead atoms. The number of rotatable bonds is 4. The molecule has 102 valence electrons. The zero-order valence-corrected chi connectivity index (χ0v) is 10.5. The van der Waals surface area contributed by atoms with Crippen molar-refractivity contribution in [3.05, 3.63) is 65.7 Å². The molecule has 2 aromatic rings. The number of carbonyl (C=O) groups excluding carboxylic acids is 2. The molecule has 0 aromatic heterocycles. The van der Waals surface area contributed by atoms with E-state index in [0.717, 1.165) is 0 Å². The number of hydrogen-bond donors (Lipinski definition) is 2. The van der Waals surface area contributed by atoms with Crippen LogP contribution in [0.5, 0.6) is 5.75 Å². The van der Waals surface area contributed by atoms with Crippen LogP contribution in [0.4, 0.5) is 0 Å². The van der Waals surface area contributed by atoms with Crippen LogP contribution in [0.3, 0.4) is 0 Å². The van der Waals surface area contributed by atoms with Gasteiger partial charge in [-0.1, -0.05) is 30.3 Å². The number of ketones is 1. The molecule has 0 aliphatic carbocycles. The molecule has 0 fully saturated rings. The molecule has 5 nitrogen and oxygen atoms in total. The molecule has 0 saturated carbocycles. The van der Waals surface area contributed by atoms with Crippen LogP contribution < -0.4 is 5.73 Å². The smallest absolute Gasteiger partial charge is 0.340 e. The highest BCUT2D eigenvalue weighted by Gasteiger charge is 2.22. The van der Waals surface area contributed by atoms with E-state index < -0.39 is 18.0 Å². The third-order valence-electron chi connectivity index (χ3n) is 2.67. The Labute approximate surface area is 115 Å². The van der Waals surface area contributed by atoms with Gasteiger partial charge in [0.05, 0.1) is 11.1 Å². The van der Waals surface area contributed by atoms with Gasteiger partial charge in [0, 0.05) is 0 Å². The van der Waals surface area contributed by atoms with E-state index in [1.54, 1.807) is 42.5 Å². The van der Waals surface area contributed by atoms with Gasteiger partial charge in [-0.05, 0) is 24.3 Å². The molecule has 2 aromatic carbocycles. The first-order valence-electron chi connectivity index (χ1n) is 5.93. The van der Waals surface area contributed by atoms with Crippen LogP contribution in [0.25, 0.3) is 0 Å². The average molecular weight is 271 g/mol. The summed E-state index contributed by atoms with van der Waals surface area (Å²) in [5.41, 5.74) is 5.87. The lowest BCUT2D eigenvalue weighted by Gasteiger charge is -2.12. The minimum absolute atomic E-state index is 0.0147. The minimum atomic E-state index is -1.46. The number of hydrogen-bond acceptors (Lipinski definition) is 5. The Bertz CT molecular complexity index is 625. The number of Topliss-reactive ketones (excluding diaryl/α,β-unsaturated/α-hetero) is 1. The predicted molar refractivity (Wildman–Crippen MR) is 72.3 cm³/mol. The van der Waals surface area contributed by atoms with E-state index in [9.17, 15) is 14.7 Å². The summed E-state index contributed by atoms with van der Waals surface area (Å²) in [6.45, 7) is 0. The highest BCUT2D eigenvalue weighted by Crippen LogP contribution is 2.17. The average Bonchev–Trinajstić information content (AvgIpc) is 2.48. The lowest BCUT2D eigenvalue weighted by molar-refractivity contribution is 0.0295. The summed E-state index contributed by atoms with van der Waals surface area (Å²) >= 11 is 0. The number of para-hydroxylation sites is 1. The quantitative estimate of drug-likeness (QED) is 0.502. The van der Waals surface area contributed by atoms with E-state index in [1.165, 1.54) is 12.1 Å². The Morgan fingerprint density at radius 2 is 1.60 bits per heavy atom. The third-order valence-corrected chi connectivity index (χ3v) is 2.67. The van der Waals surface area contributed by atoms with Crippen molar-refractivity contribution in [3.8, 4) is 5.75 Å². The number of nitrogens with two attached hydrogens (primary N) is 1. The maximum atomic E-state index is 12.0. The van der Waals surface area contributed by atoms with Gasteiger partial charge in [0.25, 0.3) is 0 Å². The van der Waals surface area contributed by atoms with Crippen molar-refractivity contribution in [2.24, 2.45) is 5.73 Å². The van der Waals surface area contributed by atoms with Crippen molar-refractivity contribution in [2.75, 3.05) is 0 Å². The van der Waals surface area contributed by atoms with Crippen molar-refractivity contribution in [1.82, 2.24) is 0 Å². The summed E-state index contributed by atoms with van der Waals surface area (Å²) in [5.74, 6) is -1.56. The number of ether oxygens (including phenoxy) is 1. The van der Waals surface area contributed by atoms with E-state index >= 15 is 0 Å². The molecule has 3 N–H and O–H groups in total. The highest BCUT2D eigenvalue weighted by atomic mass is 16.6. The number of benzene rings is 2. The second-order valence-corrected chi connectivity index (χ2v) is 4.07. The monoisotopic (exact) mass is 271 g/mol. The summed E-state index contributed by atoms with van der Waals surface area (Å²) in [6, 6.07) is 14.1. The number of phenolic OH excluding ortho intramolecular Hbond substituents is 1. The molecular weight excluding hydrogens is 258 g/mol. The highest BCUT2D eigenvalue weighted by molar-refractivity contribution is 6.03. The summed E-state index contributed by atoms with van der Waals surface area (Å²) in [6.07, 6.45) is -1.46. The normalized spacial score (nSPS) is 11.7. The zero-order valence-electron chi connectivity index (χ0n) is 10.5. The minimum Gasteiger partial charge on any atom is -0.507 e. The van der Waals surface area contributed by atoms with Crippen LogP contribution in [0.1, 0.15) is 20.7 Å². The van der Waals surface area contributed by atoms with Gasteiger partial charge in [-0.3, -0.25) is 10.5 Å². The Balaban J connectivity index is 2.09. The first-order chi connectivity index (χ1) is 9.59. The lowest BCUT2D eigenvalue weighted by atomic mass is 10.1. The van der Waals surface area contributed by atoms with Crippen molar-refractivity contribution in [3.63, 3.8) is 0 Å². The Morgan fingerprint density at radius 1 is 1.00 bits per heavy atom. The van der Waals surface area contributed by atoms with E-state index in [4.69, 9.17) is 10.5 Å². The van der Waals surface area contributed by atoms with Crippen LogP contribution in [0.2, 0.25) is 0 Å². The lowest BCUT2D eigenvalue weighted by Crippen LogP contribution is -2.35. The standard InChI is InChI=1S/C15H13NO4/c16-14(13(18)11-8-4-5-9-12(11)17)20-15(19)10-6-2-1-3-7-10/h1-9,14,17H,16H2. The molecule has 20 heavy (non-hydrogen) atoms. The number of esters is 1. The van der Waals surface area contributed by atoms with Crippen LogP contribution in [-0.2, 0) is 4.74 Å². The van der Waals surface area contributed by atoms with Crippen molar-refractivity contribution in [1.29, 1.82) is 0 Å². The molecule has 0 aliphatic rings. The zero-order chi connectivity index (χ0) is 14.5. The molecule has 0 saturated heterocycles. The Kier molecular flexibility index (Phi) is 4.12. The molecule has 1 atom stereocenters. The molecule has 1 unspecified atom stereocenters. The molecule has 0 aliphatic heterocycles. The van der Waals surface area contributed by atoms with Crippen molar-refractivity contribution < 1.29 is 19.4 Å². The van der Waals surface area contributed by atoms with E-state index in [-0.39, 0.29) is 11.3 Å². The first-order valence-corrected chi connectivity index (χ1v) is 5.93. The van der Waals surface area contributed by atoms with E-state index in [2.05, 4.69) is 0 Å². The van der Waals surface area contributed by atoms with Crippen LogP contribution in [-0.4, -0.2) is 23.1 Å². The molecule has 0 heterocycles. The summed E-state index contributed by atoms with van der Waals surface area (Å²) < 4.78 is 4.89. The second-order valence-electron chi connectivity index (χ2n) is 4.07. The molecule has 0 spiro atoms. The van der Waals surface area contributed by atoms with Crippen LogP contribution in [0, 0.1) is 0 Å². The van der Waals surface area contributed by atoms with Gasteiger partial charge < -0.3 is 9.84 Å². The summed E-state index contributed by atoms with van der Waals surface area (Å²) in [4.78, 5) is 23.7. The van der Waals surface area contributed by atoms with Crippen molar-refractivity contribution in [2.45, 2.75) is 6.23 Å². The van der Waals surface area contributed by atoms with E-state index in [0.29, 0.717) is 5.56 Å². The first kappa shape index (κ1) is 13.8. The topological polar surface area (TPSA) is 89.6 Å². The summed E-state index contributed by atoms with van der Waals surface area (Å²) in [7, 11) is 0. The predicted octanol–water partition coefficient (Wildman–Crippen LogP) is 1.72. The fourth-order valence-electron chi connectivity index (χ4n) is 1.65. The van der Waals surface area contributed by atoms with Gasteiger partial charge in [0.15, 0.2) is 0 Å². The Morgan fingerprint density at radius 3 is 2.25 bits per heavy atom. The van der Waals surface area contributed by atoms with Gasteiger partial charge in [0.1, 0.15) is 5.75 Å². The van der Waals surface area contributed by atoms with Crippen molar-refractivity contribution >= 4 is 11.8 Å². The molecule has 5 heteroatoms. The van der Waals surface area contributed by atoms with Gasteiger partial charge in [0.2, 0.25) is 12.0 Å². The van der Waals surface area contributed by atoms with Gasteiger partial charge in [-0.25, -0.2) is 4.79 Å². The van der Waals surface area contributed by atoms with Gasteiger partial charge in [-0.2, -0.15) is 0 Å². The SMILES string of the molecule is NC(OC(=O)c1ccccc1)C(=O)c1ccccc1O. The maximum absolute atomic E-state index is 12.0. The van der Waals surface area contributed by atoms with Crippen LogP contribution in [0.15, 0.2) is 54.6 Å². The molecule has 2 rings (SSSR count). The number of phenols is 1. The molecule has 0 radical (unpaired) electrons. The van der Waals surface area contributed by atoms with Gasteiger partial charge in [-0.15, -0.1) is 0 Å². The van der Waals surface area contributed by atoms with Crippen LogP contribution >= 0.6 is 0 Å². The number of aromatic hydroxyl groups is 1. The Hall–Kier alpha value is -2.66. The fourth-order valence-corrected chi connectivity index (χ4v) is 1.65. The molecular formula is C15H13NO4. The van der Waals surface area contributed by atoms with Gasteiger partial charge >= 0.3 is 5.97 Å². The largest absolute Gasteiger partial charge is 0.507 e. The maximum Gasteiger partial charge on any atom is 0.340 e. The second kappa shape index (κ2) is 5.99. The number of carbonyl (C=O) groups is 2. The third kappa shape index (κ3) is 3.02. The van der Waals surface area contributed by atoms with E-state index in [1.807, 2.05) is 0 Å².